The third kappa shape index (κ3) is 3.21. The van der Waals surface area contributed by atoms with Crippen LogP contribution in [0.25, 0.3) is 0 Å². The summed E-state index contributed by atoms with van der Waals surface area (Å²) in [4.78, 5) is 2.35. The second kappa shape index (κ2) is 4.07. The normalized spacial score (nSPS) is 26.7. The maximum atomic E-state index is 9.22. The number of hydrogen-bond acceptors (Lipinski definition) is 2. The molecule has 1 aliphatic heterocycles. The monoisotopic (exact) mass is 157 g/mol. The van der Waals surface area contributed by atoms with Crippen molar-refractivity contribution in [2.45, 2.75) is 32.8 Å². The predicted molar refractivity (Wildman–Crippen MR) is 46.5 cm³/mol. The van der Waals surface area contributed by atoms with E-state index < -0.39 is 0 Å². The Hall–Kier alpha value is -0.0800. The maximum absolute atomic E-state index is 9.22. The average Bonchev–Trinajstić information content (AvgIpc) is 2.31. The van der Waals surface area contributed by atoms with Crippen molar-refractivity contribution in [2.24, 2.45) is 5.92 Å². The summed E-state index contributed by atoms with van der Waals surface area (Å²) in [5, 5.41) is 9.22. The van der Waals surface area contributed by atoms with E-state index in [1.807, 2.05) is 0 Å². The smallest absolute Gasteiger partial charge is 0.0679 e. The van der Waals surface area contributed by atoms with Crippen molar-refractivity contribution < 1.29 is 5.11 Å². The standard InChI is InChI=1S/C9H19NO/c1-8(2)3-5-10-6-4-9(11)7-10/h8-9,11H,3-7H2,1-2H3/t9-/m0/s1. The van der Waals surface area contributed by atoms with Gasteiger partial charge in [-0.15, -0.1) is 0 Å². The summed E-state index contributed by atoms with van der Waals surface area (Å²) in [5.41, 5.74) is 0. The number of hydrogen-bond donors (Lipinski definition) is 1. The van der Waals surface area contributed by atoms with Gasteiger partial charge in [-0.3, -0.25) is 0 Å². The van der Waals surface area contributed by atoms with Crippen LogP contribution < -0.4 is 0 Å². The molecule has 1 N–H and O–H groups in total. The largest absolute Gasteiger partial charge is 0.392 e. The highest BCUT2D eigenvalue weighted by Crippen LogP contribution is 2.10. The number of nitrogens with zero attached hydrogens (tertiary/aromatic N) is 1. The molecule has 0 aromatic heterocycles. The van der Waals surface area contributed by atoms with Gasteiger partial charge in [0.25, 0.3) is 0 Å². The molecule has 0 aromatic carbocycles. The third-order valence-corrected chi connectivity index (χ3v) is 2.27. The molecular weight excluding hydrogens is 138 g/mol. The highest BCUT2D eigenvalue weighted by Gasteiger charge is 2.19. The van der Waals surface area contributed by atoms with Crippen LogP contribution >= 0.6 is 0 Å². The fraction of sp³-hybridized carbons (Fsp3) is 1.00. The molecule has 2 nitrogen and oxygen atoms in total. The van der Waals surface area contributed by atoms with Gasteiger partial charge in [0.05, 0.1) is 6.10 Å². The Kier molecular flexibility index (Phi) is 3.34. The van der Waals surface area contributed by atoms with Crippen molar-refractivity contribution in [3.63, 3.8) is 0 Å². The quantitative estimate of drug-likeness (QED) is 0.663. The van der Waals surface area contributed by atoms with Crippen LogP contribution in [0, 0.1) is 5.92 Å². The van der Waals surface area contributed by atoms with Gasteiger partial charge in [-0.1, -0.05) is 13.8 Å². The van der Waals surface area contributed by atoms with Crippen molar-refractivity contribution in [2.75, 3.05) is 19.6 Å². The summed E-state index contributed by atoms with van der Waals surface area (Å²) >= 11 is 0. The van der Waals surface area contributed by atoms with E-state index in [1.54, 1.807) is 0 Å². The lowest BCUT2D eigenvalue weighted by Crippen LogP contribution is -2.24. The SMILES string of the molecule is CC(C)CCN1CC[C@H](O)C1. The molecule has 1 rings (SSSR count). The highest BCUT2D eigenvalue weighted by molar-refractivity contribution is 4.74. The number of aliphatic hydroxyl groups is 1. The van der Waals surface area contributed by atoms with Gasteiger partial charge in [-0.25, -0.2) is 0 Å². The molecule has 1 atom stereocenters. The molecule has 1 saturated heterocycles. The van der Waals surface area contributed by atoms with Crippen molar-refractivity contribution in [3.8, 4) is 0 Å². The summed E-state index contributed by atoms with van der Waals surface area (Å²) in [6.45, 7) is 7.63. The zero-order valence-electron chi connectivity index (χ0n) is 7.58. The summed E-state index contributed by atoms with van der Waals surface area (Å²) in [6.07, 6.45) is 2.17. The summed E-state index contributed by atoms with van der Waals surface area (Å²) in [6, 6.07) is 0. The van der Waals surface area contributed by atoms with Crippen LogP contribution in [0.5, 0.6) is 0 Å². The topological polar surface area (TPSA) is 23.5 Å². The van der Waals surface area contributed by atoms with Crippen LogP contribution in [0.3, 0.4) is 0 Å². The van der Waals surface area contributed by atoms with E-state index in [0.29, 0.717) is 0 Å². The fourth-order valence-corrected chi connectivity index (χ4v) is 1.46. The molecule has 0 saturated carbocycles. The van der Waals surface area contributed by atoms with Crippen LogP contribution in [-0.2, 0) is 0 Å². The van der Waals surface area contributed by atoms with Gasteiger partial charge in [0.15, 0.2) is 0 Å². The first-order valence-corrected chi connectivity index (χ1v) is 4.59. The van der Waals surface area contributed by atoms with E-state index in [9.17, 15) is 5.11 Å². The molecule has 0 aliphatic carbocycles. The minimum Gasteiger partial charge on any atom is -0.392 e. The molecule has 0 bridgehead atoms. The first-order chi connectivity index (χ1) is 5.18. The lowest BCUT2D eigenvalue weighted by atomic mass is 10.1. The molecule has 0 radical (unpaired) electrons. The molecule has 66 valence electrons. The molecule has 1 aliphatic rings. The first-order valence-electron chi connectivity index (χ1n) is 4.59. The van der Waals surface area contributed by atoms with Gasteiger partial charge in [-0.2, -0.15) is 0 Å². The van der Waals surface area contributed by atoms with Crippen molar-refractivity contribution in [1.29, 1.82) is 0 Å². The van der Waals surface area contributed by atoms with Gasteiger partial charge in [0.1, 0.15) is 0 Å². The van der Waals surface area contributed by atoms with Crippen molar-refractivity contribution in [3.05, 3.63) is 0 Å². The highest BCUT2D eigenvalue weighted by atomic mass is 16.3. The number of aliphatic hydroxyl groups excluding tert-OH is 1. The third-order valence-electron chi connectivity index (χ3n) is 2.27. The molecule has 2 heteroatoms. The number of β-amino-alcohol motifs (C(OH)–C–C–N with tert-alkyl or cyclic N) is 1. The second-order valence-corrected chi connectivity index (χ2v) is 3.93. The van der Waals surface area contributed by atoms with Crippen LogP contribution in [-0.4, -0.2) is 35.7 Å². The molecule has 0 amide bonds. The van der Waals surface area contributed by atoms with E-state index in [4.69, 9.17) is 0 Å². The molecule has 0 aromatic rings. The van der Waals surface area contributed by atoms with Crippen LogP contribution in [0.15, 0.2) is 0 Å². The summed E-state index contributed by atoms with van der Waals surface area (Å²) in [5.74, 6) is 0.785. The van der Waals surface area contributed by atoms with Crippen LogP contribution in [0.2, 0.25) is 0 Å². The number of likely N-dealkylation sites (tertiary alicyclic amines) is 1. The zero-order valence-corrected chi connectivity index (χ0v) is 7.58. The van der Waals surface area contributed by atoms with Gasteiger partial charge in [-0.05, 0) is 25.3 Å². The number of rotatable bonds is 3. The molecule has 0 spiro atoms. The Balaban J connectivity index is 2.08. The van der Waals surface area contributed by atoms with E-state index in [2.05, 4.69) is 18.7 Å². The first kappa shape index (κ1) is 9.01. The van der Waals surface area contributed by atoms with E-state index in [-0.39, 0.29) is 6.10 Å². The van der Waals surface area contributed by atoms with E-state index in [0.717, 1.165) is 32.0 Å². The maximum Gasteiger partial charge on any atom is 0.0679 e. The Morgan fingerprint density at radius 3 is 2.73 bits per heavy atom. The molecule has 1 fully saturated rings. The Morgan fingerprint density at radius 1 is 1.55 bits per heavy atom. The minimum absolute atomic E-state index is 0.0536. The fourth-order valence-electron chi connectivity index (χ4n) is 1.46. The summed E-state index contributed by atoms with van der Waals surface area (Å²) in [7, 11) is 0. The molecular formula is C9H19NO. The van der Waals surface area contributed by atoms with Crippen LogP contribution in [0.1, 0.15) is 26.7 Å². The molecule has 0 unspecified atom stereocenters. The van der Waals surface area contributed by atoms with E-state index in [1.165, 1.54) is 6.42 Å². The Morgan fingerprint density at radius 2 is 2.27 bits per heavy atom. The average molecular weight is 157 g/mol. The second-order valence-electron chi connectivity index (χ2n) is 3.93. The van der Waals surface area contributed by atoms with Gasteiger partial charge >= 0.3 is 0 Å². The van der Waals surface area contributed by atoms with Gasteiger partial charge in [0, 0.05) is 13.1 Å². The van der Waals surface area contributed by atoms with Crippen molar-refractivity contribution in [1.82, 2.24) is 4.90 Å². The summed E-state index contributed by atoms with van der Waals surface area (Å²) < 4.78 is 0. The predicted octanol–water partition coefficient (Wildman–Crippen LogP) is 1.10. The molecule has 1 heterocycles. The Labute approximate surface area is 69.2 Å². The minimum atomic E-state index is -0.0536. The Bertz CT molecular complexity index is 114. The molecule has 11 heavy (non-hydrogen) atoms. The van der Waals surface area contributed by atoms with E-state index >= 15 is 0 Å². The zero-order chi connectivity index (χ0) is 8.27. The van der Waals surface area contributed by atoms with Crippen molar-refractivity contribution >= 4 is 0 Å². The van der Waals surface area contributed by atoms with Crippen LogP contribution in [0.4, 0.5) is 0 Å². The lowest BCUT2D eigenvalue weighted by molar-refractivity contribution is 0.174. The lowest BCUT2D eigenvalue weighted by Gasteiger charge is -2.15. The van der Waals surface area contributed by atoms with Gasteiger partial charge < -0.3 is 10.0 Å². The van der Waals surface area contributed by atoms with Gasteiger partial charge in [0.2, 0.25) is 0 Å².